The first-order valence-electron chi connectivity index (χ1n) is 5.71. The van der Waals surface area contributed by atoms with Gasteiger partial charge in [-0.1, -0.05) is 0 Å². The van der Waals surface area contributed by atoms with Crippen LogP contribution < -0.4 is 15.6 Å². The third-order valence-electron chi connectivity index (χ3n) is 3.72. The van der Waals surface area contributed by atoms with Gasteiger partial charge in [0.05, 0.1) is 5.54 Å². The maximum absolute atomic E-state index is 11.4. The molecule has 0 unspecified atom stereocenters. The van der Waals surface area contributed by atoms with Crippen LogP contribution in [0, 0.1) is 5.92 Å². The normalized spacial score (nSPS) is 31.2. The molecule has 4 heteroatoms. The number of pyridine rings is 1. The van der Waals surface area contributed by atoms with Crippen LogP contribution in [-0.4, -0.2) is 23.3 Å². The van der Waals surface area contributed by atoms with E-state index in [4.69, 9.17) is 4.74 Å². The molecule has 0 spiro atoms. The average molecular weight is 220 g/mol. The molecule has 2 bridgehead atoms. The summed E-state index contributed by atoms with van der Waals surface area (Å²) < 4.78 is 7.23. The van der Waals surface area contributed by atoms with Gasteiger partial charge in [-0.25, -0.2) is 0 Å². The van der Waals surface area contributed by atoms with E-state index in [0.717, 1.165) is 12.5 Å². The Morgan fingerprint density at radius 3 is 3.06 bits per heavy atom. The standard InChI is InChI=1S/C12H16N2O2/c1-14-3-2-10(4-11(14)15)16-8-12-5-9(6-12)7-13-12/h2-4,9,13H,5-8H2,1H3. The Kier molecular flexibility index (Phi) is 2.07. The van der Waals surface area contributed by atoms with Gasteiger partial charge in [0.25, 0.3) is 5.56 Å². The molecule has 3 aliphatic rings. The molecule has 0 aromatic carbocycles. The lowest BCUT2D eigenvalue weighted by Gasteiger charge is -2.37. The summed E-state index contributed by atoms with van der Waals surface area (Å²) in [7, 11) is 1.74. The minimum Gasteiger partial charge on any atom is -0.491 e. The van der Waals surface area contributed by atoms with Crippen LogP contribution in [0.3, 0.4) is 0 Å². The summed E-state index contributed by atoms with van der Waals surface area (Å²) in [6.45, 7) is 1.80. The van der Waals surface area contributed by atoms with Crippen LogP contribution in [0.25, 0.3) is 0 Å². The lowest BCUT2D eigenvalue weighted by atomic mass is 9.74. The summed E-state index contributed by atoms with van der Waals surface area (Å²) in [5, 5.41) is 3.49. The van der Waals surface area contributed by atoms with E-state index in [0.29, 0.717) is 12.4 Å². The second kappa shape index (κ2) is 3.35. The van der Waals surface area contributed by atoms with Gasteiger partial charge in [0, 0.05) is 19.3 Å². The van der Waals surface area contributed by atoms with Gasteiger partial charge in [0.15, 0.2) is 0 Å². The van der Waals surface area contributed by atoms with Crippen LogP contribution in [0.15, 0.2) is 23.1 Å². The van der Waals surface area contributed by atoms with E-state index in [1.807, 2.05) is 6.07 Å². The molecule has 0 amide bonds. The molecule has 16 heavy (non-hydrogen) atoms. The summed E-state index contributed by atoms with van der Waals surface area (Å²) in [5.74, 6) is 1.53. The third-order valence-corrected chi connectivity index (χ3v) is 3.72. The van der Waals surface area contributed by atoms with Crippen molar-refractivity contribution in [1.82, 2.24) is 9.88 Å². The summed E-state index contributed by atoms with van der Waals surface area (Å²) in [5.41, 5.74) is 0.173. The van der Waals surface area contributed by atoms with Gasteiger partial charge in [-0.2, -0.15) is 0 Å². The van der Waals surface area contributed by atoms with Crippen LogP contribution in [0.2, 0.25) is 0 Å². The van der Waals surface area contributed by atoms with E-state index < -0.39 is 0 Å². The summed E-state index contributed by atoms with van der Waals surface area (Å²) in [4.78, 5) is 11.4. The van der Waals surface area contributed by atoms with Crippen molar-refractivity contribution in [2.24, 2.45) is 13.0 Å². The Morgan fingerprint density at radius 1 is 1.62 bits per heavy atom. The lowest BCUT2D eigenvalue weighted by molar-refractivity contribution is 0.130. The first-order valence-corrected chi connectivity index (χ1v) is 5.71. The van der Waals surface area contributed by atoms with Crippen LogP contribution in [0.5, 0.6) is 5.75 Å². The van der Waals surface area contributed by atoms with E-state index in [1.165, 1.54) is 12.8 Å². The predicted molar refractivity (Wildman–Crippen MR) is 60.6 cm³/mol. The molecular weight excluding hydrogens is 204 g/mol. The Labute approximate surface area is 94.2 Å². The molecule has 3 fully saturated rings. The number of fused-ring (bicyclic) bond motifs is 1. The minimum absolute atomic E-state index is 0.0270. The molecule has 4 nitrogen and oxygen atoms in total. The van der Waals surface area contributed by atoms with Crippen molar-refractivity contribution in [2.45, 2.75) is 18.4 Å². The number of aromatic nitrogens is 1. The van der Waals surface area contributed by atoms with E-state index in [-0.39, 0.29) is 11.1 Å². The molecule has 1 aromatic heterocycles. The van der Waals surface area contributed by atoms with Gasteiger partial charge in [-0.05, 0) is 31.4 Å². The Morgan fingerprint density at radius 2 is 2.44 bits per heavy atom. The second-order valence-electron chi connectivity index (χ2n) is 5.04. The predicted octanol–water partition coefficient (Wildman–Crippen LogP) is 0.516. The maximum atomic E-state index is 11.4. The van der Waals surface area contributed by atoms with Gasteiger partial charge >= 0.3 is 0 Å². The number of ether oxygens (including phenoxy) is 1. The van der Waals surface area contributed by atoms with Crippen LogP contribution in [-0.2, 0) is 7.05 Å². The fourth-order valence-electron chi connectivity index (χ4n) is 2.71. The molecule has 2 saturated heterocycles. The highest BCUT2D eigenvalue weighted by Crippen LogP contribution is 2.43. The van der Waals surface area contributed by atoms with E-state index in [9.17, 15) is 4.79 Å². The van der Waals surface area contributed by atoms with Gasteiger partial charge < -0.3 is 14.6 Å². The van der Waals surface area contributed by atoms with E-state index in [1.54, 1.807) is 23.9 Å². The molecule has 1 aliphatic carbocycles. The van der Waals surface area contributed by atoms with Crippen molar-refractivity contribution >= 4 is 0 Å². The van der Waals surface area contributed by atoms with Crippen LogP contribution in [0.1, 0.15) is 12.8 Å². The van der Waals surface area contributed by atoms with Crippen LogP contribution >= 0.6 is 0 Å². The van der Waals surface area contributed by atoms with Crippen LogP contribution in [0.4, 0.5) is 0 Å². The number of aryl methyl sites for hydroxylation is 1. The lowest BCUT2D eigenvalue weighted by Crippen LogP contribution is -2.48. The number of rotatable bonds is 3. The maximum Gasteiger partial charge on any atom is 0.253 e. The van der Waals surface area contributed by atoms with Crippen molar-refractivity contribution in [2.75, 3.05) is 13.2 Å². The Bertz CT molecular complexity index is 455. The molecule has 1 saturated carbocycles. The van der Waals surface area contributed by atoms with Gasteiger partial charge in [-0.3, -0.25) is 4.79 Å². The van der Waals surface area contributed by atoms with Crippen molar-refractivity contribution in [1.29, 1.82) is 0 Å². The van der Waals surface area contributed by atoms with Crippen molar-refractivity contribution in [3.05, 3.63) is 28.7 Å². The first-order chi connectivity index (χ1) is 7.67. The molecule has 1 aromatic rings. The molecular formula is C12H16N2O2. The van der Waals surface area contributed by atoms with Crippen molar-refractivity contribution in [3.63, 3.8) is 0 Å². The summed E-state index contributed by atoms with van der Waals surface area (Å²) in [6.07, 6.45) is 4.18. The highest BCUT2D eigenvalue weighted by Gasteiger charge is 2.50. The van der Waals surface area contributed by atoms with E-state index in [2.05, 4.69) is 5.32 Å². The molecule has 3 heterocycles. The van der Waals surface area contributed by atoms with Crippen molar-refractivity contribution in [3.8, 4) is 5.75 Å². The smallest absolute Gasteiger partial charge is 0.253 e. The number of nitrogens with zero attached hydrogens (tertiary/aromatic N) is 1. The Hall–Kier alpha value is -1.29. The fourth-order valence-corrected chi connectivity index (χ4v) is 2.71. The zero-order chi connectivity index (χ0) is 11.2. The van der Waals surface area contributed by atoms with Gasteiger partial charge in [0.1, 0.15) is 12.4 Å². The molecule has 0 radical (unpaired) electrons. The average Bonchev–Trinajstić information content (AvgIpc) is 2.79. The molecule has 1 N–H and O–H groups in total. The number of hydrogen-bond donors (Lipinski definition) is 1. The highest BCUT2D eigenvalue weighted by molar-refractivity contribution is 5.19. The molecule has 2 aliphatic heterocycles. The number of nitrogens with one attached hydrogen (secondary N) is 1. The van der Waals surface area contributed by atoms with Crippen molar-refractivity contribution < 1.29 is 4.74 Å². The third kappa shape index (κ3) is 1.53. The molecule has 4 rings (SSSR count). The SMILES string of the molecule is Cn1ccc(OCC23CC(CN2)C3)cc1=O. The zero-order valence-electron chi connectivity index (χ0n) is 9.40. The number of hydrogen-bond acceptors (Lipinski definition) is 3. The monoisotopic (exact) mass is 220 g/mol. The largest absolute Gasteiger partial charge is 0.491 e. The summed E-state index contributed by atoms with van der Waals surface area (Å²) >= 11 is 0. The van der Waals surface area contributed by atoms with Gasteiger partial charge in [-0.15, -0.1) is 0 Å². The minimum atomic E-state index is -0.0270. The zero-order valence-corrected chi connectivity index (χ0v) is 9.40. The fraction of sp³-hybridized carbons (Fsp3) is 0.583. The van der Waals surface area contributed by atoms with Gasteiger partial charge in [0.2, 0.25) is 0 Å². The molecule has 86 valence electrons. The second-order valence-corrected chi connectivity index (χ2v) is 5.04. The quantitative estimate of drug-likeness (QED) is 0.807. The highest BCUT2D eigenvalue weighted by atomic mass is 16.5. The first kappa shape index (κ1) is 9.90. The molecule has 0 atom stereocenters. The summed E-state index contributed by atoms with van der Waals surface area (Å²) in [6, 6.07) is 3.38. The Balaban J connectivity index is 1.66. The topological polar surface area (TPSA) is 43.3 Å². The van der Waals surface area contributed by atoms with E-state index >= 15 is 0 Å².